The first-order chi connectivity index (χ1) is 7.25. The van der Waals surface area contributed by atoms with Crippen molar-refractivity contribution in [3.63, 3.8) is 0 Å². The molecule has 0 rings (SSSR count). The number of carbonyl (C=O) groups is 1. The molecule has 4 heteroatoms. The van der Waals surface area contributed by atoms with Gasteiger partial charge in [0.25, 0.3) is 0 Å². The molecule has 94 valence electrons. The summed E-state index contributed by atoms with van der Waals surface area (Å²) in [5.41, 5.74) is -0.438. The highest BCUT2D eigenvalue weighted by Gasteiger charge is 2.36. The second-order valence-electron chi connectivity index (χ2n) is 4.82. The van der Waals surface area contributed by atoms with Crippen LogP contribution in [0.2, 0.25) is 0 Å². The average molecular weight is 230 g/mol. The first-order valence-corrected chi connectivity index (χ1v) is 5.41. The van der Waals surface area contributed by atoms with Gasteiger partial charge in [0.05, 0.1) is 12.7 Å². The smallest absolute Gasteiger partial charge is 0.335 e. The van der Waals surface area contributed by atoms with E-state index in [0.717, 1.165) is 0 Å². The zero-order chi connectivity index (χ0) is 12.9. The van der Waals surface area contributed by atoms with E-state index < -0.39 is 29.5 Å². The van der Waals surface area contributed by atoms with Crippen molar-refractivity contribution in [2.45, 2.75) is 39.9 Å². The predicted octanol–water partition coefficient (Wildman–Crippen LogP) is 1.12. The van der Waals surface area contributed by atoms with Crippen LogP contribution in [0.1, 0.15) is 27.7 Å². The number of carbonyl (C=O) groups excluding carboxylic acids is 1. The Balaban J connectivity index is 4.73. The molecule has 0 amide bonds. The van der Waals surface area contributed by atoms with Crippen molar-refractivity contribution in [1.29, 1.82) is 0 Å². The molecular formula is C12H22O4. The van der Waals surface area contributed by atoms with Gasteiger partial charge in [-0.25, -0.2) is 4.79 Å². The number of ether oxygens (including phenoxy) is 1. The highest BCUT2D eigenvalue weighted by atomic mass is 16.5. The third-order valence-electron chi connectivity index (χ3n) is 2.42. The zero-order valence-electron chi connectivity index (χ0n) is 10.4. The van der Waals surface area contributed by atoms with E-state index >= 15 is 0 Å². The van der Waals surface area contributed by atoms with E-state index in [4.69, 9.17) is 4.74 Å². The largest absolute Gasteiger partial charge is 0.464 e. The fraction of sp³-hybridized carbons (Fsp3) is 0.750. The van der Waals surface area contributed by atoms with Crippen LogP contribution in [-0.2, 0) is 9.53 Å². The first kappa shape index (κ1) is 15.1. The molecule has 0 aromatic rings. The lowest BCUT2D eigenvalue weighted by molar-refractivity contribution is -0.158. The van der Waals surface area contributed by atoms with Gasteiger partial charge in [0, 0.05) is 5.92 Å². The summed E-state index contributed by atoms with van der Waals surface area (Å²) in [6.07, 6.45) is -0.839. The van der Waals surface area contributed by atoms with Gasteiger partial charge in [0.1, 0.15) is 0 Å². The Morgan fingerprint density at radius 2 is 1.94 bits per heavy atom. The fourth-order valence-corrected chi connectivity index (χ4v) is 1.39. The molecule has 3 atom stereocenters. The van der Waals surface area contributed by atoms with Gasteiger partial charge in [-0.2, -0.15) is 0 Å². The molecule has 2 N–H and O–H groups in total. The number of rotatable bonds is 5. The molecule has 2 unspecified atom stereocenters. The molecule has 0 saturated carbocycles. The van der Waals surface area contributed by atoms with E-state index in [9.17, 15) is 15.0 Å². The van der Waals surface area contributed by atoms with Gasteiger partial charge in [0.2, 0.25) is 0 Å². The summed E-state index contributed by atoms with van der Waals surface area (Å²) in [7, 11) is 0. The molecule has 0 fully saturated rings. The predicted molar refractivity (Wildman–Crippen MR) is 61.8 cm³/mol. The summed E-state index contributed by atoms with van der Waals surface area (Å²) < 4.78 is 4.70. The minimum atomic E-state index is -1.37. The van der Waals surface area contributed by atoms with Crippen molar-refractivity contribution < 1.29 is 19.7 Å². The highest BCUT2D eigenvalue weighted by Crippen LogP contribution is 2.28. The second kappa shape index (κ2) is 6.01. The Morgan fingerprint density at radius 1 is 1.44 bits per heavy atom. The lowest BCUT2D eigenvalue weighted by atomic mass is 9.79. The topological polar surface area (TPSA) is 66.8 Å². The van der Waals surface area contributed by atoms with Crippen LogP contribution in [0.3, 0.4) is 0 Å². The van der Waals surface area contributed by atoms with Crippen LogP contribution in [0.25, 0.3) is 0 Å². The molecule has 4 nitrogen and oxygen atoms in total. The summed E-state index contributed by atoms with van der Waals surface area (Å²) in [5, 5.41) is 19.7. The third kappa shape index (κ3) is 3.94. The zero-order valence-corrected chi connectivity index (χ0v) is 10.4. The van der Waals surface area contributed by atoms with Gasteiger partial charge in [-0.05, 0) is 12.3 Å². The SMILES string of the molecule is C=C[C@@H](C(O)C(=O)OCC)C(O)C(C)(C)C. The molecular weight excluding hydrogens is 208 g/mol. The molecule has 0 heterocycles. The Hall–Kier alpha value is -0.870. The summed E-state index contributed by atoms with van der Waals surface area (Å²) in [4.78, 5) is 11.3. The fourth-order valence-electron chi connectivity index (χ4n) is 1.39. The Bertz CT molecular complexity index is 242. The summed E-state index contributed by atoms with van der Waals surface area (Å²) in [6.45, 7) is 10.9. The van der Waals surface area contributed by atoms with Gasteiger partial charge < -0.3 is 14.9 Å². The van der Waals surface area contributed by atoms with Crippen molar-refractivity contribution in [1.82, 2.24) is 0 Å². The number of esters is 1. The summed E-state index contributed by atoms with van der Waals surface area (Å²) in [5.74, 6) is -1.45. The molecule has 0 aromatic carbocycles. The quantitative estimate of drug-likeness (QED) is 0.548. The number of aliphatic hydroxyl groups is 2. The lowest BCUT2D eigenvalue weighted by Gasteiger charge is -2.33. The lowest BCUT2D eigenvalue weighted by Crippen LogP contribution is -2.43. The third-order valence-corrected chi connectivity index (χ3v) is 2.42. The van der Waals surface area contributed by atoms with Crippen LogP contribution in [0.15, 0.2) is 12.7 Å². The maximum absolute atomic E-state index is 11.3. The molecule has 16 heavy (non-hydrogen) atoms. The van der Waals surface area contributed by atoms with Crippen molar-refractivity contribution in [3.05, 3.63) is 12.7 Å². The number of hydrogen-bond donors (Lipinski definition) is 2. The number of aliphatic hydroxyl groups excluding tert-OH is 2. The van der Waals surface area contributed by atoms with Gasteiger partial charge in [-0.3, -0.25) is 0 Å². The van der Waals surface area contributed by atoms with Crippen LogP contribution in [0.4, 0.5) is 0 Å². The molecule has 0 radical (unpaired) electrons. The van der Waals surface area contributed by atoms with Gasteiger partial charge in [0.15, 0.2) is 6.10 Å². The average Bonchev–Trinajstić information content (AvgIpc) is 2.17. The van der Waals surface area contributed by atoms with Crippen LogP contribution in [0.5, 0.6) is 0 Å². The normalized spacial score (nSPS) is 17.4. The van der Waals surface area contributed by atoms with Crippen LogP contribution in [0, 0.1) is 11.3 Å². The van der Waals surface area contributed by atoms with E-state index in [1.165, 1.54) is 6.08 Å². The highest BCUT2D eigenvalue weighted by molar-refractivity contribution is 5.75. The minimum absolute atomic E-state index is 0.200. The maximum atomic E-state index is 11.3. The minimum Gasteiger partial charge on any atom is -0.464 e. The molecule has 0 aliphatic carbocycles. The van der Waals surface area contributed by atoms with Gasteiger partial charge >= 0.3 is 5.97 Å². The summed E-state index contributed by atoms with van der Waals surface area (Å²) in [6, 6.07) is 0. The maximum Gasteiger partial charge on any atom is 0.335 e. The molecule has 0 bridgehead atoms. The van der Waals surface area contributed by atoms with Crippen molar-refractivity contribution in [2.75, 3.05) is 6.61 Å². The second-order valence-corrected chi connectivity index (χ2v) is 4.82. The van der Waals surface area contributed by atoms with E-state index in [2.05, 4.69) is 6.58 Å². The number of hydrogen-bond acceptors (Lipinski definition) is 4. The standard InChI is InChI=1S/C12H22O4/c1-6-8(10(14)12(3,4)5)9(13)11(15)16-7-2/h6,8-10,13-14H,1,7H2,2-5H3/t8-,9?,10?/m0/s1. The van der Waals surface area contributed by atoms with E-state index in [0.29, 0.717) is 0 Å². The molecule has 0 saturated heterocycles. The van der Waals surface area contributed by atoms with Gasteiger partial charge in [-0.1, -0.05) is 26.8 Å². The van der Waals surface area contributed by atoms with E-state index in [1.54, 1.807) is 6.92 Å². The van der Waals surface area contributed by atoms with Crippen LogP contribution in [-0.4, -0.2) is 35.0 Å². The monoisotopic (exact) mass is 230 g/mol. The van der Waals surface area contributed by atoms with Gasteiger partial charge in [-0.15, -0.1) is 6.58 Å². The Labute approximate surface area is 96.9 Å². The molecule has 0 aromatic heterocycles. The first-order valence-electron chi connectivity index (χ1n) is 5.41. The van der Waals surface area contributed by atoms with Crippen molar-refractivity contribution in [2.24, 2.45) is 11.3 Å². The molecule has 0 aliphatic rings. The van der Waals surface area contributed by atoms with E-state index in [1.807, 2.05) is 20.8 Å². The van der Waals surface area contributed by atoms with Crippen molar-refractivity contribution >= 4 is 5.97 Å². The summed E-state index contributed by atoms with van der Waals surface area (Å²) >= 11 is 0. The molecule has 0 spiro atoms. The van der Waals surface area contributed by atoms with Crippen molar-refractivity contribution in [3.8, 4) is 0 Å². The molecule has 0 aliphatic heterocycles. The Kier molecular flexibility index (Phi) is 5.68. The van der Waals surface area contributed by atoms with Crippen LogP contribution < -0.4 is 0 Å². The Morgan fingerprint density at radius 3 is 2.25 bits per heavy atom. The van der Waals surface area contributed by atoms with E-state index in [-0.39, 0.29) is 6.61 Å². The van der Waals surface area contributed by atoms with Crippen LogP contribution >= 0.6 is 0 Å².